The minimum atomic E-state index is -0.461. The van der Waals surface area contributed by atoms with E-state index in [9.17, 15) is 14.4 Å². The predicted octanol–water partition coefficient (Wildman–Crippen LogP) is 3.45. The number of hydrazone groups is 1. The second-order valence-electron chi connectivity index (χ2n) is 10.9. The summed E-state index contributed by atoms with van der Waals surface area (Å²) in [4.78, 5) is 45.1. The molecule has 2 aliphatic heterocycles. The lowest BCUT2D eigenvalue weighted by molar-refractivity contribution is -0.136. The SMILES string of the molecule is COc1ccc(C=NNC(=O)c2cc(Br)ccc2NC(=O)c2ccc(CN3CCN(CC(=O)N4CCOCC4)CC3)cc2)cc1. The van der Waals surface area contributed by atoms with Crippen LogP contribution in [-0.2, 0) is 16.1 Å². The summed E-state index contributed by atoms with van der Waals surface area (Å²) in [5.74, 6) is 0.120. The van der Waals surface area contributed by atoms with Gasteiger partial charge in [0.15, 0.2) is 0 Å². The van der Waals surface area contributed by atoms with Crippen molar-refractivity contribution in [1.82, 2.24) is 20.1 Å². The predicted molar refractivity (Wildman–Crippen MR) is 176 cm³/mol. The Morgan fingerprint density at radius 2 is 1.58 bits per heavy atom. The first-order chi connectivity index (χ1) is 21.9. The molecule has 5 rings (SSSR count). The highest BCUT2D eigenvalue weighted by molar-refractivity contribution is 9.10. The number of piperazine rings is 1. The van der Waals surface area contributed by atoms with Gasteiger partial charge in [-0.15, -0.1) is 0 Å². The Morgan fingerprint density at radius 1 is 0.889 bits per heavy atom. The first kappa shape index (κ1) is 32.3. The summed E-state index contributed by atoms with van der Waals surface area (Å²) in [7, 11) is 1.59. The summed E-state index contributed by atoms with van der Waals surface area (Å²) in [6.45, 7) is 7.22. The van der Waals surface area contributed by atoms with E-state index in [1.54, 1.807) is 49.6 Å². The van der Waals surface area contributed by atoms with Crippen molar-refractivity contribution < 1.29 is 23.9 Å². The molecule has 0 aliphatic carbocycles. The van der Waals surface area contributed by atoms with Crippen molar-refractivity contribution in [3.05, 3.63) is 93.5 Å². The molecule has 0 atom stereocenters. The number of nitrogens with one attached hydrogen (secondary N) is 2. The summed E-state index contributed by atoms with van der Waals surface area (Å²) in [5, 5.41) is 6.91. The summed E-state index contributed by atoms with van der Waals surface area (Å²) in [6, 6.07) is 19.8. The zero-order valence-electron chi connectivity index (χ0n) is 25.2. The van der Waals surface area contributed by atoms with Crippen molar-refractivity contribution in [2.75, 3.05) is 71.5 Å². The summed E-state index contributed by atoms with van der Waals surface area (Å²) in [5.41, 5.74) is 5.54. The van der Waals surface area contributed by atoms with Crippen molar-refractivity contribution in [1.29, 1.82) is 0 Å². The van der Waals surface area contributed by atoms with Gasteiger partial charge in [-0.05, 0) is 65.7 Å². The van der Waals surface area contributed by atoms with Crippen LogP contribution in [0.1, 0.15) is 31.8 Å². The number of methoxy groups -OCH3 is 1. The van der Waals surface area contributed by atoms with Crippen molar-refractivity contribution in [2.45, 2.75) is 6.54 Å². The normalized spacial score (nSPS) is 16.0. The number of benzene rings is 3. The van der Waals surface area contributed by atoms with Crippen molar-refractivity contribution in [2.24, 2.45) is 5.10 Å². The molecule has 2 saturated heterocycles. The van der Waals surface area contributed by atoms with E-state index in [-0.39, 0.29) is 17.4 Å². The monoisotopic (exact) mass is 676 g/mol. The van der Waals surface area contributed by atoms with E-state index >= 15 is 0 Å². The number of morpholine rings is 1. The minimum Gasteiger partial charge on any atom is -0.497 e. The molecule has 0 radical (unpaired) electrons. The van der Waals surface area contributed by atoms with E-state index in [0.29, 0.717) is 48.6 Å². The van der Waals surface area contributed by atoms with E-state index in [1.165, 1.54) is 6.21 Å². The first-order valence-corrected chi connectivity index (χ1v) is 15.6. The van der Waals surface area contributed by atoms with Gasteiger partial charge in [0.25, 0.3) is 11.8 Å². The van der Waals surface area contributed by atoms with Gasteiger partial charge in [0, 0.05) is 55.8 Å². The number of hydrogen-bond acceptors (Lipinski definition) is 8. The molecule has 0 unspecified atom stereocenters. The van der Waals surface area contributed by atoms with Gasteiger partial charge in [-0.1, -0.05) is 28.1 Å². The highest BCUT2D eigenvalue weighted by atomic mass is 79.9. The van der Waals surface area contributed by atoms with Gasteiger partial charge in [-0.3, -0.25) is 24.2 Å². The Balaban J connectivity index is 1.11. The van der Waals surface area contributed by atoms with Crippen LogP contribution in [0.4, 0.5) is 5.69 Å². The van der Waals surface area contributed by atoms with Crippen LogP contribution in [0.25, 0.3) is 0 Å². The zero-order chi connectivity index (χ0) is 31.6. The van der Waals surface area contributed by atoms with Crippen LogP contribution in [0.15, 0.2) is 76.3 Å². The Labute approximate surface area is 271 Å². The maximum atomic E-state index is 13.1. The second kappa shape index (κ2) is 15.8. The minimum absolute atomic E-state index is 0.176. The molecule has 0 saturated carbocycles. The topological polar surface area (TPSA) is 116 Å². The van der Waals surface area contributed by atoms with Gasteiger partial charge < -0.3 is 19.7 Å². The molecule has 0 spiro atoms. The Hall–Kier alpha value is -4.10. The molecule has 3 amide bonds. The second-order valence-corrected chi connectivity index (χ2v) is 11.8. The van der Waals surface area contributed by atoms with E-state index in [1.807, 2.05) is 29.2 Å². The third kappa shape index (κ3) is 9.21. The van der Waals surface area contributed by atoms with Crippen LogP contribution < -0.4 is 15.5 Å². The Bertz CT molecular complexity index is 1500. The first-order valence-electron chi connectivity index (χ1n) is 14.9. The van der Waals surface area contributed by atoms with E-state index in [0.717, 1.165) is 49.6 Å². The largest absolute Gasteiger partial charge is 0.497 e. The molecule has 2 aliphatic rings. The number of rotatable bonds is 10. The average Bonchev–Trinajstić information content (AvgIpc) is 3.07. The molecule has 0 bridgehead atoms. The summed E-state index contributed by atoms with van der Waals surface area (Å²) < 4.78 is 11.2. The molecular weight excluding hydrogens is 640 g/mol. The van der Waals surface area contributed by atoms with E-state index in [2.05, 4.69) is 41.6 Å². The maximum absolute atomic E-state index is 13.1. The van der Waals surface area contributed by atoms with Gasteiger partial charge in [-0.25, -0.2) is 5.43 Å². The van der Waals surface area contributed by atoms with Gasteiger partial charge >= 0.3 is 0 Å². The third-order valence-electron chi connectivity index (χ3n) is 7.78. The van der Waals surface area contributed by atoms with Crippen LogP contribution in [0.3, 0.4) is 0 Å². The number of carbonyl (C=O) groups excluding carboxylic acids is 3. The fourth-order valence-electron chi connectivity index (χ4n) is 5.15. The third-order valence-corrected chi connectivity index (χ3v) is 8.27. The quantitative estimate of drug-likeness (QED) is 0.250. The average molecular weight is 678 g/mol. The van der Waals surface area contributed by atoms with Gasteiger partial charge in [-0.2, -0.15) is 5.10 Å². The Kier molecular flexibility index (Phi) is 11.3. The van der Waals surface area contributed by atoms with Gasteiger partial charge in [0.1, 0.15) is 5.75 Å². The molecule has 12 heteroatoms. The lowest BCUT2D eigenvalue weighted by Gasteiger charge is -2.36. The fourth-order valence-corrected chi connectivity index (χ4v) is 5.51. The Morgan fingerprint density at radius 3 is 2.27 bits per heavy atom. The van der Waals surface area contributed by atoms with Crippen molar-refractivity contribution in [3.8, 4) is 5.75 Å². The van der Waals surface area contributed by atoms with E-state index in [4.69, 9.17) is 9.47 Å². The molecule has 3 aromatic carbocycles. The number of ether oxygens (including phenoxy) is 2. The van der Waals surface area contributed by atoms with Crippen LogP contribution in [0.2, 0.25) is 0 Å². The lowest BCUT2D eigenvalue weighted by Crippen LogP contribution is -2.51. The lowest BCUT2D eigenvalue weighted by atomic mass is 10.1. The number of hydrogen-bond donors (Lipinski definition) is 2. The van der Waals surface area contributed by atoms with Crippen LogP contribution in [0, 0.1) is 0 Å². The molecule has 3 aromatic rings. The highest BCUT2D eigenvalue weighted by Crippen LogP contribution is 2.22. The molecule has 2 N–H and O–H groups in total. The van der Waals surface area contributed by atoms with Crippen molar-refractivity contribution >= 4 is 45.6 Å². The van der Waals surface area contributed by atoms with Crippen molar-refractivity contribution in [3.63, 3.8) is 0 Å². The van der Waals surface area contributed by atoms with Crippen LogP contribution in [0.5, 0.6) is 5.75 Å². The van der Waals surface area contributed by atoms with Gasteiger partial charge in [0.2, 0.25) is 5.91 Å². The van der Waals surface area contributed by atoms with Crippen LogP contribution in [-0.4, -0.2) is 105 Å². The zero-order valence-corrected chi connectivity index (χ0v) is 26.8. The molecule has 236 valence electrons. The molecule has 45 heavy (non-hydrogen) atoms. The number of amides is 3. The molecule has 2 fully saturated rings. The van der Waals surface area contributed by atoms with Gasteiger partial charge in [0.05, 0.1) is 44.3 Å². The number of nitrogens with zero attached hydrogens (tertiary/aromatic N) is 4. The molecule has 11 nitrogen and oxygen atoms in total. The van der Waals surface area contributed by atoms with E-state index < -0.39 is 5.91 Å². The smallest absolute Gasteiger partial charge is 0.273 e. The fraction of sp³-hybridized carbons (Fsp3) is 0.333. The van der Waals surface area contributed by atoms with Crippen LogP contribution >= 0.6 is 15.9 Å². The number of carbonyl (C=O) groups is 3. The number of anilines is 1. The summed E-state index contributed by atoms with van der Waals surface area (Å²) in [6.07, 6.45) is 1.53. The standard InChI is InChI=1S/C33H37BrN6O5/c1-44-28-9-4-24(5-10-28)21-35-37-33(43)29-20-27(34)8-11-30(29)36-32(42)26-6-2-25(3-7-26)22-38-12-14-39(15-13-38)23-31(41)40-16-18-45-19-17-40/h2-11,20-21H,12-19,22-23H2,1H3,(H,36,42)(H,37,43). The molecule has 2 heterocycles. The number of halogens is 1. The highest BCUT2D eigenvalue weighted by Gasteiger charge is 2.23. The maximum Gasteiger partial charge on any atom is 0.273 e. The summed E-state index contributed by atoms with van der Waals surface area (Å²) >= 11 is 3.40. The molecule has 0 aromatic heterocycles. The molecular formula is C33H37BrN6O5.